The zero-order valence-corrected chi connectivity index (χ0v) is 12.8. The Balaban J connectivity index is 1.91. The van der Waals surface area contributed by atoms with E-state index in [1.165, 1.54) is 17.8 Å². The second-order valence-electron chi connectivity index (χ2n) is 4.89. The lowest BCUT2D eigenvalue weighted by molar-refractivity contribution is 0.0961. The zero-order chi connectivity index (χ0) is 14.8. The first kappa shape index (κ1) is 15.0. The average Bonchev–Trinajstić information content (AvgIpc) is 2.63. The van der Waals surface area contributed by atoms with Gasteiger partial charge in [-0.15, -0.1) is 0 Å². The van der Waals surface area contributed by atoms with Crippen LogP contribution in [0.2, 0.25) is 0 Å². The number of nitrogen functional groups attached to an aromatic ring is 1. The molecule has 0 radical (unpaired) electrons. The Morgan fingerprint density at radius 3 is 2.75 bits per heavy atom. The van der Waals surface area contributed by atoms with Crippen LogP contribution in [0.4, 0.5) is 10.9 Å². The van der Waals surface area contributed by atoms with E-state index in [0.717, 1.165) is 19.1 Å². The molecule has 112 valence electrons. The van der Waals surface area contributed by atoms with Gasteiger partial charge in [-0.1, -0.05) is 11.3 Å². The molecule has 0 unspecified atom stereocenters. The first-order chi connectivity index (χ1) is 9.35. The summed E-state index contributed by atoms with van der Waals surface area (Å²) in [6, 6.07) is 0.418. The van der Waals surface area contributed by atoms with Gasteiger partial charge in [0.1, 0.15) is 20.5 Å². The quantitative estimate of drug-likeness (QED) is 0.702. The van der Waals surface area contributed by atoms with Gasteiger partial charge in [-0.3, -0.25) is 4.79 Å². The number of anilines is 2. The van der Waals surface area contributed by atoms with Gasteiger partial charge < -0.3 is 16.4 Å². The molecule has 9 heteroatoms. The van der Waals surface area contributed by atoms with Crippen molar-refractivity contribution in [3.8, 4) is 0 Å². The van der Waals surface area contributed by atoms with Crippen molar-refractivity contribution < 1.29 is 13.2 Å². The highest BCUT2D eigenvalue weighted by Gasteiger charge is 2.21. The van der Waals surface area contributed by atoms with Crippen LogP contribution in [0.3, 0.4) is 0 Å². The van der Waals surface area contributed by atoms with Gasteiger partial charge in [0.25, 0.3) is 5.91 Å². The minimum absolute atomic E-state index is 0.0698. The van der Waals surface area contributed by atoms with Crippen LogP contribution in [0.25, 0.3) is 0 Å². The molecule has 0 bridgehead atoms. The van der Waals surface area contributed by atoms with E-state index in [9.17, 15) is 13.2 Å². The molecular weight excluding hydrogens is 300 g/mol. The van der Waals surface area contributed by atoms with E-state index in [1.807, 2.05) is 0 Å². The summed E-state index contributed by atoms with van der Waals surface area (Å²) in [6.45, 7) is 0.0698. The van der Waals surface area contributed by atoms with Crippen LogP contribution in [0, 0.1) is 0 Å². The normalized spacial score (nSPS) is 15.7. The Morgan fingerprint density at radius 1 is 1.50 bits per heavy atom. The van der Waals surface area contributed by atoms with E-state index < -0.39 is 9.84 Å². The number of hydrogen-bond donors (Lipinski definition) is 3. The monoisotopic (exact) mass is 318 g/mol. The van der Waals surface area contributed by atoms with Crippen molar-refractivity contribution in [2.75, 3.05) is 29.6 Å². The molecule has 0 spiro atoms. The predicted molar refractivity (Wildman–Crippen MR) is 79.8 cm³/mol. The Labute approximate surface area is 121 Å². The van der Waals surface area contributed by atoms with Crippen LogP contribution >= 0.6 is 11.3 Å². The maximum Gasteiger partial charge on any atom is 0.265 e. The fourth-order valence-electron chi connectivity index (χ4n) is 1.71. The van der Waals surface area contributed by atoms with Crippen molar-refractivity contribution in [2.24, 2.45) is 0 Å². The topological polar surface area (TPSA) is 114 Å². The van der Waals surface area contributed by atoms with Gasteiger partial charge in [0, 0.05) is 18.8 Å². The largest absolute Gasteiger partial charge is 0.382 e. The molecule has 4 N–H and O–H groups in total. The molecule has 20 heavy (non-hydrogen) atoms. The summed E-state index contributed by atoms with van der Waals surface area (Å²) < 4.78 is 22.0. The van der Waals surface area contributed by atoms with Gasteiger partial charge in [0.2, 0.25) is 0 Å². The Hall–Kier alpha value is -1.35. The van der Waals surface area contributed by atoms with Crippen LogP contribution in [0.1, 0.15) is 28.9 Å². The molecule has 1 saturated carbocycles. The van der Waals surface area contributed by atoms with Crippen molar-refractivity contribution in [3.63, 3.8) is 0 Å². The minimum atomic E-state index is -3.09. The third-order valence-electron chi connectivity index (χ3n) is 3.05. The number of thiazole rings is 1. The molecule has 7 nitrogen and oxygen atoms in total. The molecule has 1 amide bonds. The van der Waals surface area contributed by atoms with E-state index in [0.29, 0.717) is 16.1 Å². The minimum Gasteiger partial charge on any atom is -0.382 e. The summed E-state index contributed by atoms with van der Waals surface area (Å²) in [5, 5.41) is 6.40. The third kappa shape index (κ3) is 4.07. The standard InChI is InChI=1S/C11H18N4O3S2/c1-20(17,18)6-5-13-10(16)8-9(12)15-11(19-8)14-7-3-2-4-7/h7H,2-6,12H2,1H3,(H,13,16)(H,14,15). The van der Waals surface area contributed by atoms with Gasteiger partial charge in [0.15, 0.2) is 5.13 Å². The van der Waals surface area contributed by atoms with E-state index in [2.05, 4.69) is 15.6 Å². The lowest BCUT2D eigenvalue weighted by Gasteiger charge is -2.25. The second kappa shape index (κ2) is 5.96. The number of nitrogens with zero attached hydrogens (tertiary/aromatic N) is 1. The van der Waals surface area contributed by atoms with Crippen molar-refractivity contribution >= 4 is 38.0 Å². The first-order valence-electron chi connectivity index (χ1n) is 6.34. The maximum atomic E-state index is 11.9. The number of aromatic nitrogens is 1. The molecule has 1 aromatic heterocycles. The number of sulfone groups is 1. The highest BCUT2D eigenvalue weighted by atomic mass is 32.2. The number of carbonyl (C=O) groups is 1. The van der Waals surface area contributed by atoms with E-state index >= 15 is 0 Å². The maximum absolute atomic E-state index is 11.9. The van der Waals surface area contributed by atoms with Gasteiger partial charge in [-0.2, -0.15) is 0 Å². The highest BCUT2D eigenvalue weighted by molar-refractivity contribution is 7.90. The number of hydrogen-bond acceptors (Lipinski definition) is 7. The fourth-order valence-corrected chi connectivity index (χ4v) is 3.06. The summed E-state index contributed by atoms with van der Waals surface area (Å²) in [5.74, 6) is -0.302. The lowest BCUT2D eigenvalue weighted by Crippen LogP contribution is -2.28. The van der Waals surface area contributed by atoms with Crippen LogP contribution < -0.4 is 16.4 Å². The van der Waals surface area contributed by atoms with E-state index in [1.54, 1.807) is 0 Å². The molecule has 1 aliphatic carbocycles. The smallest absolute Gasteiger partial charge is 0.265 e. The van der Waals surface area contributed by atoms with Gasteiger partial charge in [-0.05, 0) is 19.3 Å². The summed E-state index contributed by atoms with van der Waals surface area (Å²) in [4.78, 5) is 16.3. The average molecular weight is 318 g/mol. The molecule has 2 rings (SSSR count). The third-order valence-corrected chi connectivity index (χ3v) is 5.00. The van der Waals surface area contributed by atoms with E-state index in [-0.39, 0.29) is 24.0 Å². The Bertz CT molecular complexity index is 593. The lowest BCUT2D eigenvalue weighted by atomic mass is 9.93. The van der Waals surface area contributed by atoms with Crippen molar-refractivity contribution in [1.82, 2.24) is 10.3 Å². The molecular formula is C11H18N4O3S2. The summed E-state index contributed by atoms with van der Waals surface area (Å²) in [5.41, 5.74) is 5.72. The van der Waals surface area contributed by atoms with E-state index in [4.69, 9.17) is 5.73 Å². The Morgan fingerprint density at radius 2 is 2.20 bits per heavy atom. The second-order valence-corrected chi connectivity index (χ2v) is 8.15. The first-order valence-corrected chi connectivity index (χ1v) is 9.21. The van der Waals surface area contributed by atoms with Crippen LogP contribution in [0.5, 0.6) is 0 Å². The van der Waals surface area contributed by atoms with Crippen LogP contribution in [-0.4, -0.2) is 43.9 Å². The number of amides is 1. The predicted octanol–water partition coefficient (Wildman–Crippen LogP) is 0.464. The van der Waals surface area contributed by atoms with Crippen molar-refractivity contribution in [3.05, 3.63) is 4.88 Å². The molecule has 1 heterocycles. The van der Waals surface area contributed by atoms with Gasteiger partial charge >= 0.3 is 0 Å². The van der Waals surface area contributed by atoms with Crippen molar-refractivity contribution in [1.29, 1.82) is 0 Å². The number of nitrogens with two attached hydrogens (primary N) is 1. The molecule has 1 aromatic rings. The van der Waals surface area contributed by atoms with Crippen LogP contribution in [0.15, 0.2) is 0 Å². The summed E-state index contributed by atoms with van der Waals surface area (Å²) >= 11 is 1.19. The van der Waals surface area contributed by atoms with Gasteiger partial charge in [0.05, 0.1) is 5.75 Å². The SMILES string of the molecule is CS(=O)(=O)CCNC(=O)c1sc(NC2CCC2)nc1N. The highest BCUT2D eigenvalue weighted by Crippen LogP contribution is 2.29. The Kier molecular flexibility index (Phi) is 4.48. The van der Waals surface area contributed by atoms with Crippen molar-refractivity contribution in [2.45, 2.75) is 25.3 Å². The van der Waals surface area contributed by atoms with Crippen LogP contribution in [-0.2, 0) is 9.84 Å². The van der Waals surface area contributed by atoms with Gasteiger partial charge in [-0.25, -0.2) is 13.4 Å². The molecule has 0 atom stereocenters. The molecule has 1 aliphatic rings. The fraction of sp³-hybridized carbons (Fsp3) is 0.636. The molecule has 0 saturated heterocycles. The molecule has 0 aromatic carbocycles. The number of nitrogens with one attached hydrogen (secondary N) is 2. The zero-order valence-electron chi connectivity index (χ0n) is 11.2. The summed E-state index contributed by atoms with van der Waals surface area (Å²) in [7, 11) is -3.09. The molecule has 0 aliphatic heterocycles. The number of rotatable bonds is 6. The molecule has 1 fully saturated rings. The summed E-state index contributed by atoms with van der Waals surface area (Å²) in [6.07, 6.45) is 4.54. The number of carbonyl (C=O) groups excluding carboxylic acids is 1.